The van der Waals surface area contributed by atoms with Gasteiger partial charge in [0.2, 0.25) is 5.13 Å². The quantitative estimate of drug-likeness (QED) is 0.788. The van der Waals surface area contributed by atoms with E-state index in [2.05, 4.69) is 27.0 Å². The van der Waals surface area contributed by atoms with Crippen molar-refractivity contribution in [2.24, 2.45) is 0 Å². The highest BCUT2D eigenvalue weighted by Crippen LogP contribution is 2.29. The van der Waals surface area contributed by atoms with Gasteiger partial charge in [-0.25, -0.2) is 0 Å². The summed E-state index contributed by atoms with van der Waals surface area (Å²) in [7, 11) is 3.96. The molecule has 0 radical (unpaired) electrons. The van der Waals surface area contributed by atoms with Crippen LogP contribution in [0.2, 0.25) is 0 Å². The fourth-order valence-corrected chi connectivity index (χ4v) is 3.44. The van der Waals surface area contributed by atoms with Gasteiger partial charge in [0.15, 0.2) is 4.34 Å². The number of anilines is 1. The van der Waals surface area contributed by atoms with Gasteiger partial charge in [0.25, 0.3) is 0 Å². The standard InChI is InChI=1S/C9H11N3S3/c1-12(2)8-10-11-9(15-8)14-6-7-3-4-13-5-7/h3-5H,6H2,1-2H3. The Bertz CT molecular complexity index is 408. The SMILES string of the molecule is CN(C)c1nnc(SCc2ccsc2)s1. The minimum absolute atomic E-state index is 0.961. The van der Waals surface area contributed by atoms with E-state index in [0.29, 0.717) is 0 Å². The first-order valence-corrected chi connectivity index (χ1v) is 7.15. The summed E-state index contributed by atoms with van der Waals surface area (Å²) in [5.74, 6) is 0.978. The fourth-order valence-electron chi connectivity index (χ4n) is 0.961. The third-order valence-corrected chi connectivity index (χ3v) is 4.75. The molecule has 2 rings (SSSR count). The molecule has 0 N–H and O–H groups in total. The maximum Gasteiger partial charge on any atom is 0.208 e. The van der Waals surface area contributed by atoms with Crippen molar-refractivity contribution in [1.82, 2.24) is 10.2 Å². The van der Waals surface area contributed by atoms with E-state index in [1.807, 2.05) is 19.0 Å². The van der Waals surface area contributed by atoms with Crippen LogP contribution in [0.1, 0.15) is 5.56 Å². The Labute approximate surface area is 101 Å². The van der Waals surface area contributed by atoms with Crippen molar-refractivity contribution in [3.63, 3.8) is 0 Å². The maximum atomic E-state index is 4.13. The maximum absolute atomic E-state index is 4.13. The van der Waals surface area contributed by atoms with Gasteiger partial charge in [0.1, 0.15) is 0 Å². The van der Waals surface area contributed by atoms with Crippen molar-refractivity contribution in [2.75, 3.05) is 19.0 Å². The van der Waals surface area contributed by atoms with E-state index in [0.717, 1.165) is 15.2 Å². The van der Waals surface area contributed by atoms with E-state index in [9.17, 15) is 0 Å². The van der Waals surface area contributed by atoms with Gasteiger partial charge in [-0.1, -0.05) is 23.1 Å². The number of thioether (sulfide) groups is 1. The van der Waals surface area contributed by atoms with Crippen molar-refractivity contribution >= 4 is 39.6 Å². The lowest BCUT2D eigenvalue weighted by molar-refractivity contribution is 0.972. The van der Waals surface area contributed by atoms with Crippen LogP contribution in [0.3, 0.4) is 0 Å². The summed E-state index contributed by atoms with van der Waals surface area (Å²) in [6.07, 6.45) is 0. The normalized spacial score (nSPS) is 10.5. The monoisotopic (exact) mass is 257 g/mol. The van der Waals surface area contributed by atoms with Crippen LogP contribution in [0.25, 0.3) is 0 Å². The van der Waals surface area contributed by atoms with Crippen molar-refractivity contribution < 1.29 is 0 Å². The zero-order chi connectivity index (χ0) is 10.7. The molecule has 0 bridgehead atoms. The summed E-state index contributed by atoms with van der Waals surface area (Å²) in [5.41, 5.74) is 1.35. The molecule has 2 heterocycles. The van der Waals surface area contributed by atoms with Crippen molar-refractivity contribution in [3.05, 3.63) is 22.4 Å². The van der Waals surface area contributed by atoms with Gasteiger partial charge in [0, 0.05) is 19.8 Å². The Morgan fingerprint density at radius 3 is 2.87 bits per heavy atom. The van der Waals surface area contributed by atoms with Crippen LogP contribution in [0.15, 0.2) is 21.2 Å². The van der Waals surface area contributed by atoms with Crippen LogP contribution in [0.5, 0.6) is 0 Å². The zero-order valence-corrected chi connectivity index (χ0v) is 11.0. The molecule has 0 saturated heterocycles. The largest absolute Gasteiger partial charge is 0.353 e. The number of aromatic nitrogens is 2. The lowest BCUT2D eigenvalue weighted by atomic mass is 10.4. The van der Waals surface area contributed by atoms with E-state index in [-0.39, 0.29) is 0 Å². The van der Waals surface area contributed by atoms with Crippen LogP contribution >= 0.6 is 34.4 Å². The molecule has 0 aliphatic carbocycles. The van der Waals surface area contributed by atoms with Crippen LogP contribution in [0.4, 0.5) is 5.13 Å². The summed E-state index contributed by atoms with van der Waals surface area (Å²) >= 11 is 5.10. The second kappa shape index (κ2) is 4.96. The predicted octanol–water partition coefficient (Wildman–Crippen LogP) is 2.96. The number of nitrogens with zero attached hydrogens (tertiary/aromatic N) is 3. The molecule has 0 spiro atoms. The lowest BCUT2D eigenvalue weighted by Crippen LogP contribution is -2.07. The van der Waals surface area contributed by atoms with E-state index in [1.54, 1.807) is 34.4 Å². The highest BCUT2D eigenvalue weighted by Gasteiger charge is 2.06. The molecule has 2 aromatic rings. The molecule has 0 aromatic carbocycles. The van der Waals surface area contributed by atoms with Crippen molar-refractivity contribution in [2.45, 2.75) is 10.1 Å². The molecule has 15 heavy (non-hydrogen) atoms. The molecule has 0 aliphatic heterocycles. The van der Waals surface area contributed by atoms with Gasteiger partial charge in [-0.05, 0) is 22.4 Å². The smallest absolute Gasteiger partial charge is 0.208 e. The highest BCUT2D eigenvalue weighted by molar-refractivity contribution is 8.00. The molecule has 0 amide bonds. The topological polar surface area (TPSA) is 29.0 Å². The minimum atomic E-state index is 0.961. The number of thiophene rings is 1. The summed E-state index contributed by atoms with van der Waals surface area (Å²) in [4.78, 5) is 1.98. The molecule has 0 unspecified atom stereocenters. The number of rotatable bonds is 4. The molecule has 0 aliphatic rings. The summed E-state index contributed by atoms with van der Waals surface area (Å²) in [6, 6.07) is 2.14. The average Bonchev–Trinajstić information content (AvgIpc) is 2.86. The second-order valence-corrected chi connectivity index (χ2v) is 6.12. The summed E-state index contributed by atoms with van der Waals surface area (Å²) in [5, 5.41) is 13.4. The molecule has 0 fully saturated rings. The van der Waals surface area contributed by atoms with Gasteiger partial charge in [-0.15, -0.1) is 10.2 Å². The first kappa shape index (κ1) is 10.9. The van der Waals surface area contributed by atoms with Gasteiger partial charge in [0.05, 0.1) is 0 Å². The van der Waals surface area contributed by atoms with Crippen molar-refractivity contribution in [3.8, 4) is 0 Å². The third kappa shape index (κ3) is 2.93. The van der Waals surface area contributed by atoms with Gasteiger partial charge in [-0.3, -0.25) is 0 Å². The lowest BCUT2D eigenvalue weighted by Gasteiger charge is -2.03. The van der Waals surface area contributed by atoms with Crippen LogP contribution in [-0.4, -0.2) is 24.3 Å². The van der Waals surface area contributed by atoms with E-state index in [4.69, 9.17) is 0 Å². The molecule has 0 saturated carbocycles. The number of hydrogen-bond donors (Lipinski definition) is 0. The molecular formula is C9H11N3S3. The van der Waals surface area contributed by atoms with Crippen LogP contribution in [0, 0.1) is 0 Å². The Kier molecular flexibility index (Phi) is 3.61. The first-order chi connectivity index (χ1) is 7.25. The first-order valence-electron chi connectivity index (χ1n) is 4.40. The molecule has 6 heteroatoms. The van der Waals surface area contributed by atoms with E-state index < -0.39 is 0 Å². The summed E-state index contributed by atoms with van der Waals surface area (Å²) < 4.78 is 1.03. The zero-order valence-electron chi connectivity index (χ0n) is 8.51. The Balaban J connectivity index is 1.94. The van der Waals surface area contributed by atoms with Gasteiger partial charge >= 0.3 is 0 Å². The van der Waals surface area contributed by atoms with Gasteiger partial charge in [-0.2, -0.15) is 11.3 Å². The fraction of sp³-hybridized carbons (Fsp3) is 0.333. The Morgan fingerprint density at radius 1 is 1.40 bits per heavy atom. The van der Waals surface area contributed by atoms with Crippen molar-refractivity contribution in [1.29, 1.82) is 0 Å². The summed E-state index contributed by atoms with van der Waals surface area (Å²) in [6.45, 7) is 0. The highest BCUT2D eigenvalue weighted by atomic mass is 32.2. The molecule has 0 atom stereocenters. The number of hydrogen-bond acceptors (Lipinski definition) is 6. The average molecular weight is 257 g/mol. The molecule has 3 nitrogen and oxygen atoms in total. The Morgan fingerprint density at radius 2 is 2.27 bits per heavy atom. The minimum Gasteiger partial charge on any atom is -0.353 e. The van der Waals surface area contributed by atoms with Crippen LogP contribution < -0.4 is 4.90 Å². The van der Waals surface area contributed by atoms with Gasteiger partial charge < -0.3 is 4.90 Å². The molecule has 80 valence electrons. The van der Waals surface area contributed by atoms with Crippen LogP contribution in [-0.2, 0) is 5.75 Å². The van der Waals surface area contributed by atoms with E-state index in [1.165, 1.54) is 5.56 Å². The third-order valence-electron chi connectivity index (χ3n) is 1.72. The molecular weight excluding hydrogens is 246 g/mol. The van der Waals surface area contributed by atoms with E-state index >= 15 is 0 Å². The molecule has 2 aromatic heterocycles. The second-order valence-electron chi connectivity index (χ2n) is 3.17. The predicted molar refractivity (Wildman–Crippen MR) is 68.1 cm³/mol. The Hall–Kier alpha value is -0.590.